The van der Waals surface area contributed by atoms with Crippen molar-refractivity contribution in [2.45, 2.75) is 70.1 Å². The van der Waals surface area contributed by atoms with Crippen molar-refractivity contribution in [2.75, 3.05) is 32.8 Å². The molecule has 0 aromatic rings. The molecule has 1 unspecified atom stereocenters. The zero-order valence-corrected chi connectivity index (χ0v) is 14.8. The molecule has 2 heterocycles. The van der Waals surface area contributed by atoms with Gasteiger partial charge in [0.15, 0.2) is 0 Å². The molecular weight excluding hydrogens is 296 g/mol. The van der Waals surface area contributed by atoms with Gasteiger partial charge in [0, 0.05) is 51.7 Å². The first-order valence-corrected chi connectivity index (χ1v) is 8.80. The monoisotopic (exact) mass is 328 g/mol. The molecule has 2 N–H and O–H groups in total. The largest absolute Gasteiger partial charge is 0.444 e. The maximum Gasteiger partial charge on any atom is 0.410 e. The normalized spacial score (nSPS) is 25.2. The summed E-state index contributed by atoms with van der Waals surface area (Å²) in [6.07, 6.45) is 4.24. The molecule has 0 spiro atoms. The van der Waals surface area contributed by atoms with Crippen molar-refractivity contribution >= 4 is 6.09 Å². The van der Waals surface area contributed by atoms with Crippen molar-refractivity contribution in [3.8, 4) is 0 Å². The summed E-state index contributed by atoms with van der Waals surface area (Å²) in [4.78, 5) is 14.2. The number of aliphatic hydroxyl groups is 1. The van der Waals surface area contributed by atoms with E-state index in [1.165, 1.54) is 0 Å². The van der Waals surface area contributed by atoms with Crippen LogP contribution >= 0.6 is 0 Å². The van der Waals surface area contributed by atoms with Crippen LogP contribution in [0.1, 0.15) is 52.9 Å². The van der Waals surface area contributed by atoms with Crippen LogP contribution in [0.5, 0.6) is 0 Å². The quantitative estimate of drug-likeness (QED) is 0.825. The van der Waals surface area contributed by atoms with Crippen LogP contribution in [0.4, 0.5) is 4.79 Å². The second kappa shape index (κ2) is 7.81. The summed E-state index contributed by atoms with van der Waals surface area (Å²) >= 11 is 0. The summed E-state index contributed by atoms with van der Waals surface area (Å²) in [5.41, 5.74) is -1.15. The van der Waals surface area contributed by atoms with E-state index in [-0.39, 0.29) is 12.1 Å². The molecule has 23 heavy (non-hydrogen) atoms. The first kappa shape index (κ1) is 18.5. The number of rotatable bonds is 4. The Bertz CT molecular complexity index is 389. The van der Waals surface area contributed by atoms with Crippen LogP contribution in [0.3, 0.4) is 0 Å². The van der Waals surface area contributed by atoms with Gasteiger partial charge in [0.1, 0.15) is 5.60 Å². The number of ether oxygens (including phenoxy) is 2. The van der Waals surface area contributed by atoms with Crippen LogP contribution < -0.4 is 5.32 Å². The number of nitrogens with one attached hydrogen (secondary N) is 1. The van der Waals surface area contributed by atoms with Gasteiger partial charge in [0.25, 0.3) is 0 Å². The molecule has 0 saturated carbocycles. The van der Waals surface area contributed by atoms with Crippen LogP contribution in [0.15, 0.2) is 0 Å². The minimum atomic E-state index is -0.677. The molecule has 0 radical (unpaired) electrons. The third-order valence-electron chi connectivity index (χ3n) is 4.51. The fourth-order valence-corrected chi connectivity index (χ4v) is 3.17. The lowest BCUT2D eigenvalue weighted by Gasteiger charge is -2.38. The zero-order valence-electron chi connectivity index (χ0n) is 14.8. The van der Waals surface area contributed by atoms with Gasteiger partial charge in [-0.25, -0.2) is 4.79 Å². The van der Waals surface area contributed by atoms with E-state index in [0.29, 0.717) is 39.1 Å². The molecule has 6 nitrogen and oxygen atoms in total. The lowest BCUT2D eigenvalue weighted by Crippen LogP contribution is -2.52. The summed E-state index contributed by atoms with van der Waals surface area (Å²) in [6, 6.07) is 0.141. The Labute approximate surface area is 139 Å². The van der Waals surface area contributed by atoms with E-state index in [9.17, 15) is 9.90 Å². The van der Waals surface area contributed by atoms with Crippen LogP contribution in [0.25, 0.3) is 0 Å². The van der Waals surface area contributed by atoms with E-state index in [1.54, 1.807) is 0 Å². The van der Waals surface area contributed by atoms with Crippen molar-refractivity contribution in [2.24, 2.45) is 0 Å². The summed E-state index contributed by atoms with van der Waals surface area (Å²) < 4.78 is 10.8. The maximum absolute atomic E-state index is 12.4. The highest BCUT2D eigenvalue weighted by atomic mass is 16.6. The lowest BCUT2D eigenvalue weighted by molar-refractivity contribution is -0.0622. The average Bonchev–Trinajstić information content (AvgIpc) is 2.46. The molecule has 1 atom stereocenters. The third kappa shape index (κ3) is 5.94. The number of hydrogen-bond acceptors (Lipinski definition) is 5. The van der Waals surface area contributed by atoms with E-state index in [4.69, 9.17) is 9.47 Å². The van der Waals surface area contributed by atoms with Gasteiger partial charge in [-0.15, -0.1) is 0 Å². The summed E-state index contributed by atoms with van der Waals surface area (Å²) in [5, 5.41) is 13.8. The van der Waals surface area contributed by atoms with E-state index in [0.717, 1.165) is 25.8 Å². The van der Waals surface area contributed by atoms with E-state index in [2.05, 4.69) is 5.32 Å². The highest BCUT2D eigenvalue weighted by molar-refractivity contribution is 5.68. The first-order chi connectivity index (χ1) is 10.8. The Kier molecular flexibility index (Phi) is 6.28. The topological polar surface area (TPSA) is 71.0 Å². The molecule has 6 heteroatoms. The molecular formula is C17H32N2O4. The Morgan fingerprint density at radius 3 is 2.70 bits per heavy atom. The van der Waals surface area contributed by atoms with Crippen molar-refractivity contribution in [3.63, 3.8) is 0 Å². The lowest BCUT2D eigenvalue weighted by atomic mass is 9.94. The van der Waals surface area contributed by atoms with Crippen molar-refractivity contribution < 1.29 is 19.4 Å². The predicted molar refractivity (Wildman–Crippen MR) is 88.5 cm³/mol. The van der Waals surface area contributed by atoms with Gasteiger partial charge in [0.2, 0.25) is 0 Å². The van der Waals surface area contributed by atoms with Gasteiger partial charge in [0.05, 0.1) is 5.60 Å². The Morgan fingerprint density at radius 1 is 1.35 bits per heavy atom. The number of hydrogen-bond donors (Lipinski definition) is 2. The molecule has 0 bridgehead atoms. The summed E-state index contributed by atoms with van der Waals surface area (Å²) in [5.74, 6) is 0. The fraction of sp³-hybridized carbons (Fsp3) is 0.941. The van der Waals surface area contributed by atoms with Crippen LogP contribution in [0.2, 0.25) is 0 Å². The van der Waals surface area contributed by atoms with Crippen LogP contribution in [-0.2, 0) is 9.47 Å². The Balaban J connectivity index is 1.82. The van der Waals surface area contributed by atoms with E-state index >= 15 is 0 Å². The number of amides is 1. The second-order valence-corrected chi connectivity index (χ2v) is 7.79. The Morgan fingerprint density at radius 2 is 2.04 bits per heavy atom. The highest BCUT2D eigenvalue weighted by Gasteiger charge is 2.32. The van der Waals surface area contributed by atoms with E-state index in [1.807, 2.05) is 25.7 Å². The third-order valence-corrected chi connectivity index (χ3v) is 4.51. The van der Waals surface area contributed by atoms with Gasteiger partial charge in [-0.1, -0.05) is 0 Å². The minimum Gasteiger partial charge on any atom is -0.444 e. The maximum atomic E-state index is 12.4. The first-order valence-electron chi connectivity index (χ1n) is 8.80. The molecule has 2 aliphatic heterocycles. The molecule has 0 aromatic heterocycles. The number of nitrogens with zero attached hydrogens (tertiary/aromatic N) is 1. The SMILES string of the molecule is CC(C)(C)OC(=O)N1CCCCC1CNCC1(O)CCOCC1. The number of carbonyl (C=O) groups excluding carboxylic acids is 1. The Hall–Kier alpha value is -0.850. The van der Waals surface area contributed by atoms with Crippen molar-refractivity contribution in [1.82, 2.24) is 10.2 Å². The molecule has 2 rings (SSSR count). The van der Waals surface area contributed by atoms with Gasteiger partial charge in [-0.2, -0.15) is 0 Å². The molecule has 0 aliphatic carbocycles. The van der Waals surface area contributed by atoms with E-state index < -0.39 is 11.2 Å². The van der Waals surface area contributed by atoms with Crippen molar-refractivity contribution in [1.29, 1.82) is 0 Å². The molecule has 1 amide bonds. The van der Waals surface area contributed by atoms with Crippen LogP contribution in [0, 0.1) is 0 Å². The predicted octanol–water partition coefficient (Wildman–Crippen LogP) is 1.91. The van der Waals surface area contributed by atoms with Gasteiger partial charge in [-0.3, -0.25) is 0 Å². The summed E-state index contributed by atoms with van der Waals surface area (Å²) in [7, 11) is 0. The van der Waals surface area contributed by atoms with Gasteiger partial charge in [-0.05, 0) is 40.0 Å². The highest BCUT2D eigenvalue weighted by Crippen LogP contribution is 2.22. The van der Waals surface area contributed by atoms with Crippen molar-refractivity contribution in [3.05, 3.63) is 0 Å². The number of carbonyl (C=O) groups is 1. The molecule has 0 aromatic carbocycles. The molecule has 134 valence electrons. The molecule has 2 fully saturated rings. The summed E-state index contributed by atoms with van der Waals surface area (Å²) in [6.45, 7) is 8.91. The molecule has 2 saturated heterocycles. The molecule has 2 aliphatic rings. The smallest absolute Gasteiger partial charge is 0.410 e. The average molecular weight is 328 g/mol. The van der Waals surface area contributed by atoms with Crippen LogP contribution in [-0.4, -0.2) is 66.2 Å². The minimum absolute atomic E-state index is 0.141. The zero-order chi connectivity index (χ0) is 16.9. The van der Waals surface area contributed by atoms with Gasteiger partial charge >= 0.3 is 6.09 Å². The standard InChI is InChI=1S/C17H32N2O4/c1-16(2,3)23-15(20)19-9-5-4-6-14(19)12-18-13-17(21)7-10-22-11-8-17/h14,18,21H,4-13H2,1-3H3. The number of piperidine rings is 1. The fourth-order valence-electron chi connectivity index (χ4n) is 3.17. The number of likely N-dealkylation sites (tertiary alicyclic amines) is 1. The second-order valence-electron chi connectivity index (χ2n) is 7.79. The van der Waals surface area contributed by atoms with Gasteiger partial charge < -0.3 is 24.8 Å².